The maximum Gasteiger partial charge on any atom is 0.259 e. The lowest BCUT2D eigenvalue weighted by Gasteiger charge is -2.25. The minimum Gasteiger partial charge on any atom is -0.492 e. The first-order chi connectivity index (χ1) is 15.6. The topological polar surface area (TPSA) is 72.4 Å². The highest BCUT2D eigenvalue weighted by atomic mass is 19.1. The van der Waals surface area contributed by atoms with Crippen molar-refractivity contribution in [1.29, 1.82) is 0 Å². The molecule has 0 spiro atoms. The predicted molar refractivity (Wildman–Crippen MR) is 119 cm³/mol. The lowest BCUT2D eigenvalue weighted by molar-refractivity contribution is -0.122. The molecule has 3 aliphatic heterocycles. The lowest BCUT2D eigenvalue weighted by Crippen LogP contribution is -2.29. The predicted octanol–water partition coefficient (Wildman–Crippen LogP) is 3.21. The minimum absolute atomic E-state index is 0.0551. The number of nitrogens with zero attached hydrogens (tertiary/aromatic N) is 1. The molecule has 4 heterocycles. The van der Waals surface area contributed by atoms with Crippen LogP contribution in [-0.4, -0.2) is 36.1 Å². The number of piperidine rings is 1. The molecule has 1 saturated heterocycles. The molecule has 32 heavy (non-hydrogen) atoms. The summed E-state index contributed by atoms with van der Waals surface area (Å²) >= 11 is 0. The van der Waals surface area contributed by atoms with E-state index in [9.17, 15) is 9.59 Å². The fourth-order valence-corrected chi connectivity index (χ4v) is 5.20. The van der Waals surface area contributed by atoms with Gasteiger partial charge in [0.1, 0.15) is 11.6 Å². The third-order valence-electron chi connectivity index (χ3n) is 6.70. The molecule has 162 valence electrons. The highest BCUT2D eigenvalue weighted by Crippen LogP contribution is 2.43. The number of amides is 2. The summed E-state index contributed by atoms with van der Waals surface area (Å²) in [4.78, 5) is 26.0. The number of nitrogens with one attached hydrogen (secondary N) is 2. The van der Waals surface area contributed by atoms with Crippen molar-refractivity contribution < 1.29 is 18.7 Å². The Labute approximate surface area is 184 Å². The number of halogens is 1. The Bertz CT molecular complexity index is 1320. The molecule has 6 nitrogen and oxygen atoms in total. The Balaban J connectivity index is 1.62. The fraction of sp³-hybridized carbons (Fsp3) is 0.280. The smallest absolute Gasteiger partial charge is 0.259 e. The Kier molecular flexibility index (Phi) is 4.40. The van der Waals surface area contributed by atoms with Crippen LogP contribution in [0.5, 0.6) is 5.75 Å². The van der Waals surface area contributed by atoms with Crippen LogP contribution in [0.4, 0.5) is 4.39 Å². The van der Waals surface area contributed by atoms with E-state index >= 15 is 4.39 Å². The van der Waals surface area contributed by atoms with Crippen LogP contribution in [0.3, 0.4) is 0 Å². The van der Waals surface area contributed by atoms with E-state index < -0.39 is 17.6 Å². The van der Waals surface area contributed by atoms with Crippen molar-refractivity contribution in [3.05, 3.63) is 65.1 Å². The fourth-order valence-electron chi connectivity index (χ4n) is 5.20. The monoisotopic (exact) mass is 431 g/mol. The standard InChI is InChI=1S/C25H22FN3O3/c26-18-6-5-14-9-12-32-23(14)21(18)22-20(24(30)28-25(22)31)17-13-29(15-7-10-27-11-8-15)19-4-2-1-3-16(17)19/h1-6,13,15,27H,7-12H2,(H,28,30,31). The number of benzene rings is 2. The van der Waals surface area contributed by atoms with E-state index in [0.29, 0.717) is 30.4 Å². The molecule has 6 rings (SSSR count). The van der Waals surface area contributed by atoms with Crippen LogP contribution in [0.1, 0.15) is 35.6 Å². The molecule has 1 aromatic heterocycles. The van der Waals surface area contributed by atoms with Gasteiger partial charge >= 0.3 is 0 Å². The quantitative estimate of drug-likeness (QED) is 0.625. The van der Waals surface area contributed by atoms with Crippen molar-refractivity contribution in [3.63, 3.8) is 0 Å². The summed E-state index contributed by atoms with van der Waals surface area (Å²) in [6, 6.07) is 11.2. The molecule has 2 aromatic carbocycles. The van der Waals surface area contributed by atoms with Gasteiger partial charge in [0, 0.05) is 35.1 Å². The zero-order valence-corrected chi connectivity index (χ0v) is 17.4. The molecule has 0 aliphatic carbocycles. The van der Waals surface area contributed by atoms with Crippen molar-refractivity contribution in [2.24, 2.45) is 0 Å². The second kappa shape index (κ2) is 7.31. The van der Waals surface area contributed by atoms with Crippen LogP contribution in [0, 0.1) is 5.82 Å². The molecule has 0 radical (unpaired) electrons. The molecule has 1 fully saturated rings. The summed E-state index contributed by atoms with van der Waals surface area (Å²) in [6.07, 6.45) is 4.56. The van der Waals surface area contributed by atoms with Crippen molar-refractivity contribution in [3.8, 4) is 5.75 Å². The van der Waals surface area contributed by atoms with Crippen LogP contribution >= 0.6 is 0 Å². The number of fused-ring (bicyclic) bond motifs is 2. The van der Waals surface area contributed by atoms with E-state index in [1.54, 1.807) is 6.07 Å². The van der Waals surface area contributed by atoms with Gasteiger partial charge in [-0.15, -0.1) is 0 Å². The van der Waals surface area contributed by atoms with Crippen LogP contribution < -0.4 is 15.4 Å². The van der Waals surface area contributed by atoms with E-state index in [1.165, 1.54) is 6.07 Å². The molecule has 0 unspecified atom stereocenters. The number of para-hydroxylation sites is 1. The Hall–Kier alpha value is -3.45. The molecule has 0 atom stereocenters. The Morgan fingerprint density at radius 2 is 1.78 bits per heavy atom. The number of ether oxygens (including phenoxy) is 1. The molecular formula is C25H22FN3O3. The van der Waals surface area contributed by atoms with Crippen molar-refractivity contribution >= 4 is 33.9 Å². The maximum absolute atomic E-state index is 15.1. The van der Waals surface area contributed by atoms with Gasteiger partial charge < -0.3 is 14.6 Å². The Morgan fingerprint density at radius 1 is 1.00 bits per heavy atom. The summed E-state index contributed by atoms with van der Waals surface area (Å²) < 4.78 is 23.0. The molecule has 2 amide bonds. The van der Waals surface area contributed by atoms with E-state index in [4.69, 9.17) is 4.74 Å². The average molecular weight is 431 g/mol. The van der Waals surface area contributed by atoms with Crippen molar-refractivity contribution in [1.82, 2.24) is 15.2 Å². The van der Waals surface area contributed by atoms with Crippen molar-refractivity contribution in [2.45, 2.75) is 25.3 Å². The van der Waals surface area contributed by atoms with Gasteiger partial charge in [0.05, 0.1) is 23.3 Å². The van der Waals surface area contributed by atoms with E-state index in [-0.39, 0.29) is 16.7 Å². The average Bonchev–Trinajstić information content (AvgIpc) is 3.50. The number of imide groups is 1. The second-order valence-corrected chi connectivity index (χ2v) is 8.49. The third-order valence-corrected chi connectivity index (χ3v) is 6.70. The van der Waals surface area contributed by atoms with E-state index in [2.05, 4.69) is 15.2 Å². The van der Waals surface area contributed by atoms with Gasteiger partial charge in [-0.2, -0.15) is 0 Å². The molecule has 2 N–H and O–H groups in total. The van der Waals surface area contributed by atoms with E-state index in [1.807, 2.05) is 30.5 Å². The van der Waals surface area contributed by atoms with Gasteiger partial charge in [-0.1, -0.05) is 24.3 Å². The number of hydrogen-bond donors (Lipinski definition) is 2. The summed E-state index contributed by atoms with van der Waals surface area (Å²) in [5, 5.41) is 6.64. The first kappa shape index (κ1) is 19.3. The third kappa shape index (κ3) is 2.81. The van der Waals surface area contributed by atoms with Crippen LogP contribution in [0.2, 0.25) is 0 Å². The first-order valence-corrected chi connectivity index (χ1v) is 11.0. The SMILES string of the molecule is O=C1NC(=O)C(c2cn(C3CCNCC3)c3ccccc23)=C1c1c(F)ccc2c1OCC2. The van der Waals surface area contributed by atoms with Gasteiger partial charge in [-0.3, -0.25) is 14.9 Å². The molecule has 7 heteroatoms. The van der Waals surface area contributed by atoms with Crippen LogP contribution in [0.15, 0.2) is 42.6 Å². The van der Waals surface area contributed by atoms with Crippen molar-refractivity contribution in [2.75, 3.05) is 19.7 Å². The van der Waals surface area contributed by atoms with Gasteiger partial charge in [-0.25, -0.2) is 4.39 Å². The summed E-state index contributed by atoms with van der Waals surface area (Å²) in [5.41, 5.74) is 2.84. The number of carbonyl (C=O) groups excluding carboxylic acids is 2. The largest absolute Gasteiger partial charge is 0.492 e. The number of rotatable bonds is 3. The first-order valence-electron chi connectivity index (χ1n) is 11.0. The summed E-state index contributed by atoms with van der Waals surface area (Å²) in [7, 11) is 0. The molecule has 3 aromatic rings. The lowest BCUT2D eigenvalue weighted by atomic mass is 9.93. The summed E-state index contributed by atoms with van der Waals surface area (Å²) in [6.45, 7) is 2.29. The highest BCUT2D eigenvalue weighted by Gasteiger charge is 2.38. The molecule has 3 aliphatic rings. The number of carbonyl (C=O) groups is 2. The molecular weight excluding hydrogens is 409 g/mol. The Morgan fingerprint density at radius 3 is 2.62 bits per heavy atom. The normalized spacial score (nSPS) is 18.9. The van der Waals surface area contributed by atoms with Gasteiger partial charge in [0.2, 0.25) is 0 Å². The highest BCUT2D eigenvalue weighted by molar-refractivity contribution is 6.50. The molecule has 0 saturated carbocycles. The number of aromatic nitrogens is 1. The zero-order chi connectivity index (χ0) is 21.8. The van der Waals surface area contributed by atoms with Crippen LogP contribution in [0.25, 0.3) is 22.0 Å². The van der Waals surface area contributed by atoms with Gasteiger partial charge in [0.15, 0.2) is 0 Å². The van der Waals surface area contributed by atoms with E-state index in [0.717, 1.165) is 42.4 Å². The van der Waals surface area contributed by atoms with Gasteiger partial charge in [-0.05, 0) is 43.6 Å². The molecule has 0 bridgehead atoms. The maximum atomic E-state index is 15.1. The van der Waals surface area contributed by atoms with Gasteiger partial charge in [0.25, 0.3) is 11.8 Å². The minimum atomic E-state index is -0.591. The van der Waals surface area contributed by atoms with Crippen LogP contribution in [-0.2, 0) is 16.0 Å². The zero-order valence-electron chi connectivity index (χ0n) is 17.4. The summed E-state index contributed by atoms with van der Waals surface area (Å²) in [5.74, 6) is -1.30. The second-order valence-electron chi connectivity index (χ2n) is 8.49. The number of hydrogen-bond acceptors (Lipinski definition) is 4.